The average Bonchev–Trinajstić information content (AvgIpc) is 2.48. The number of carboxylic acids is 1. The second kappa shape index (κ2) is 6.90. The first kappa shape index (κ1) is 15.1. The van der Waals surface area contributed by atoms with Crippen molar-refractivity contribution in [2.75, 3.05) is 0 Å². The van der Waals surface area contributed by atoms with E-state index >= 15 is 0 Å². The molecule has 0 bridgehead atoms. The Labute approximate surface area is 127 Å². The lowest BCUT2D eigenvalue weighted by molar-refractivity contribution is -0.141. The molecule has 0 aliphatic carbocycles. The summed E-state index contributed by atoms with van der Waals surface area (Å²) in [5.74, 6) is -1.45. The zero-order valence-electron chi connectivity index (χ0n) is 11.1. The Hall–Kier alpha value is -2.33. The third kappa shape index (κ3) is 4.33. The van der Waals surface area contributed by atoms with E-state index in [1.165, 1.54) is 0 Å². The highest BCUT2D eigenvalue weighted by Gasteiger charge is 2.21. The van der Waals surface area contributed by atoms with Crippen molar-refractivity contribution in [2.24, 2.45) is 0 Å². The van der Waals surface area contributed by atoms with Crippen LogP contribution in [0.1, 0.15) is 17.2 Å². The Morgan fingerprint density at radius 2 is 1.67 bits per heavy atom. The van der Waals surface area contributed by atoms with E-state index in [1.54, 1.807) is 54.6 Å². The number of carbonyl (C=O) groups is 2. The molecule has 0 aliphatic rings. The molecule has 2 aromatic carbocycles. The molecule has 4 nitrogen and oxygen atoms in total. The average molecular weight is 304 g/mol. The van der Waals surface area contributed by atoms with Crippen LogP contribution in [-0.4, -0.2) is 17.0 Å². The van der Waals surface area contributed by atoms with E-state index in [1.807, 2.05) is 0 Å². The fourth-order valence-electron chi connectivity index (χ4n) is 1.93. The Balaban J connectivity index is 2.05. The molecule has 1 amide bonds. The summed E-state index contributed by atoms with van der Waals surface area (Å²) in [6.45, 7) is 0. The van der Waals surface area contributed by atoms with Crippen molar-refractivity contribution in [3.63, 3.8) is 0 Å². The highest BCUT2D eigenvalue weighted by Crippen LogP contribution is 2.14. The molecule has 1 unspecified atom stereocenters. The summed E-state index contributed by atoms with van der Waals surface area (Å²) in [4.78, 5) is 23.3. The van der Waals surface area contributed by atoms with E-state index < -0.39 is 12.0 Å². The number of nitrogens with one attached hydrogen (secondary N) is 1. The largest absolute Gasteiger partial charge is 0.479 e. The van der Waals surface area contributed by atoms with Crippen molar-refractivity contribution in [1.82, 2.24) is 5.32 Å². The first-order valence-electron chi connectivity index (χ1n) is 6.38. The van der Waals surface area contributed by atoms with Crippen LogP contribution in [0.5, 0.6) is 0 Å². The maximum absolute atomic E-state index is 12.0. The van der Waals surface area contributed by atoms with Crippen LogP contribution in [0.2, 0.25) is 5.02 Å². The Bertz CT molecular complexity index is 626. The topological polar surface area (TPSA) is 66.4 Å². The normalized spacial score (nSPS) is 11.7. The van der Waals surface area contributed by atoms with Gasteiger partial charge in [0.15, 0.2) is 6.04 Å². The molecule has 1 atom stereocenters. The van der Waals surface area contributed by atoms with E-state index in [-0.39, 0.29) is 12.3 Å². The zero-order chi connectivity index (χ0) is 15.2. The van der Waals surface area contributed by atoms with Gasteiger partial charge in [0.2, 0.25) is 5.91 Å². The van der Waals surface area contributed by atoms with Crippen LogP contribution >= 0.6 is 11.6 Å². The van der Waals surface area contributed by atoms with Crippen LogP contribution in [0.3, 0.4) is 0 Å². The number of carboxylic acid groups (broad SMARTS) is 1. The van der Waals surface area contributed by atoms with Crippen molar-refractivity contribution in [2.45, 2.75) is 12.5 Å². The van der Waals surface area contributed by atoms with Crippen molar-refractivity contribution >= 4 is 23.5 Å². The molecule has 2 N–H and O–H groups in total. The SMILES string of the molecule is O=C(Cc1ccc(Cl)cc1)NC(C(=O)O)c1ccccc1. The van der Waals surface area contributed by atoms with Gasteiger partial charge in [0, 0.05) is 5.02 Å². The number of aliphatic carboxylic acids is 1. The molecular weight excluding hydrogens is 290 g/mol. The number of hydrogen-bond acceptors (Lipinski definition) is 2. The molecule has 0 aromatic heterocycles. The standard InChI is InChI=1S/C16H14ClNO3/c17-13-8-6-11(7-9-13)10-14(19)18-15(16(20)21)12-4-2-1-3-5-12/h1-9,15H,10H2,(H,18,19)(H,20,21). The summed E-state index contributed by atoms with van der Waals surface area (Å²) in [5, 5.41) is 12.4. The number of benzene rings is 2. The molecule has 0 radical (unpaired) electrons. The van der Waals surface area contributed by atoms with Gasteiger partial charge in [-0.3, -0.25) is 4.79 Å². The fourth-order valence-corrected chi connectivity index (χ4v) is 2.06. The third-order valence-corrected chi connectivity index (χ3v) is 3.22. The molecule has 0 spiro atoms. The molecule has 0 heterocycles. The Morgan fingerprint density at radius 3 is 2.24 bits per heavy atom. The van der Waals surface area contributed by atoms with Gasteiger partial charge in [0.1, 0.15) is 0 Å². The first-order valence-corrected chi connectivity index (χ1v) is 6.75. The van der Waals surface area contributed by atoms with Crippen molar-refractivity contribution in [3.8, 4) is 0 Å². The van der Waals surface area contributed by atoms with Crippen LogP contribution in [0.25, 0.3) is 0 Å². The summed E-state index contributed by atoms with van der Waals surface area (Å²) >= 11 is 5.78. The molecule has 5 heteroatoms. The molecular formula is C16H14ClNO3. The Kier molecular flexibility index (Phi) is 4.95. The lowest BCUT2D eigenvalue weighted by atomic mass is 10.1. The van der Waals surface area contributed by atoms with Crippen LogP contribution < -0.4 is 5.32 Å². The predicted octanol–water partition coefficient (Wildman–Crippen LogP) is 2.82. The van der Waals surface area contributed by atoms with Gasteiger partial charge in [-0.15, -0.1) is 0 Å². The van der Waals surface area contributed by atoms with Gasteiger partial charge in [0.05, 0.1) is 6.42 Å². The Morgan fingerprint density at radius 1 is 1.05 bits per heavy atom. The summed E-state index contributed by atoms with van der Waals surface area (Å²) in [6.07, 6.45) is 0.105. The van der Waals surface area contributed by atoms with Gasteiger partial charge >= 0.3 is 5.97 Å². The van der Waals surface area contributed by atoms with Crippen molar-refractivity contribution in [1.29, 1.82) is 0 Å². The van der Waals surface area contributed by atoms with Crippen molar-refractivity contribution < 1.29 is 14.7 Å². The number of halogens is 1. The van der Waals surface area contributed by atoms with Gasteiger partial charge in [-0.1, -0.05) is 54.1 Å². The van der Waals surface area contributed by atoms with Gasteiger partial charge < -0.3 is 10.4 Å². The summed E-state index contributed by atoms with van der Waals surface area (Å²) in [6, 6.07) is 14.4. The van der Waals surface area contributed by atoms with Crippen LogP contribution in [-0.2, 0) is 16.0 Å². The zero-order valence-corrected chi connectivity index (χ0v) is 11.9. The quantitative estimate of drug-likeness (QED) is 0.892. The second-order valence-corrected chi connectivity index (χ2v) is 4.99. The second-order valence-electron chi connectivity index (χ2n) is 4.55. The molecule has 108 valence electrons. The summed E-state index contributed by atoms with van der Waals surface area (Å²) < 4.78 is 0. The van der Waals surface area contributed by atoms with E-state index in [0.29, 0.717) is 10.6 Å². The fraction of sp³-hybridized carbons (Fsp3) is 0.125. The smallest absolute Gasteiger partial charge is 0.330 e. The molecule has 0 aliphatic heterocycles. The van der Waals surface area contributed by atoms with E-state index in [4.69, 9.17) is 11.6 Å². The number of hydrogen-bond donors (Lipinski definition) is 2. The predicted molar refractivity (Wildman–Crippen MR) is 80.1 cm³/mol. The van der Waals surface area contributed by atoms with Gasteiger partial charge in [-0.2, -0.15) is 0 Å². The minimum Gasteiger partial charge on any atom is -0.479 e. The van der Waals surface area contributed by atoms with E-state index in [9.17, 15) is 14.7 Å². The molecule has 0 saturated carbocycles. The minimum absolute atomic E-state index is 0.105. The van der Waals surface area contributed by atoms with E-state index in [0.717, 1.165) is 5.56 Å². The van der Waals surface area contributed by atoms with E-state index in [2.05, 4.69) is 5.32 Å². The number of carbonyl (C=O) groups excluding carboxylic acids is 1. The maximum atomic E-state index is 12.0. The lowest BCUT2D eigenvalue weighted by Gasteiger charge is -2.15. The minimum atomic E-state index is -1.09. The van der Waals surface area contributed by atoms with Gasteiger partial charge in [0.25, 0.3) is 0 Å². The van der Waals surface area contributed by atoms with Gasteiger partial charge in [-0.05, 0) is 23.3 Å². The number of rotatable bonds is 5. The highest BCUT2D eigenvalue weighted by atomic mass is 35.5. The summed E-state index contributed by atoms with van der Waals surface area (Å²) in [7, 11) is 0. The van der Waals surface area contributed by atoms with Crippen LogP contribution in [0, 0.1) is 0 Å². The lowest BCUT2D eigenvalue weighted by Crippen LogP contribution is -2.34. The molecule has 2 rings (SSSR count). The molecule has 0 saturated heterocycles. The molecule has 0 fully saturated rings. The molecule has 21 heavy (non-hydrogen) atoms. The highest BCUT2D eigenvalue weighted by molar-refractivity contribution is 6.30. The van der Waals surface area contributed by atoms with Crippen molar-refractivity contribution in [3.05, 3.63) is 70.7 Å². The monoisotopic (exact) mass is 303 g/mol. The van der Waals surface area contributed by atoms with Gasteiger partial charge in [-0.25, -0.2) is 4.79 Å². The number of amides is 1. The summed E-state index contributed by atoms with van der Waals surface area (Å²) in [5.41, 5.74) is 1.31. The first-order chi connectivity index (χ1) is 10.1. The third-order valence-electron chi connectivity index (χ3n) is 2.96. The molecule has 2 aromatic rings. The maximum Gasteiger partial charge on any atom is 0.330 e. The van der Waals surface area contributed by atoms with Crippen LogP contribution in [0.4, 0.5) is 0 Å². The van der Waals surface area contributed by atoms with Crippen LogP contribution in [0.15, 0.2) is 54.6 Å².